The van der Waals surface area contributed by atoms with Crippen LogP contribution in [0.15, 0.2) is 48.8 Å². The molecule has 2 aromatic carbocycles. The number of nitrogens with zero attached hydrogens (tertiary/aromatic N) is 4. The molecule has 0 aliphatic heterocycles. The lowest BCUT2D eigenvalue weighted by atomic mass is 9.96. The summed E-state index contributed by atoms with van der Waals surface area (Å²) in [5.41, 5.74) is -3.60. The Morgan fingerprint density at radius 2 is 1.43 bits per heavy atom. The third-order valence-electron chi connectivity index (χ3n) is 8.61. The second kappa shape index (κ2) is 16.1. The topological polar surface area (TPSA) is 41.5 Å². The van der Waals surface area contributed by atoms with Gasteiger partial charge in [-0.05, 0) is 85.9 Å². The van der Waals surface area contributed by atoms with Crippen LogP contribution in [0.25, 0.3) is 0 Å². The molecule has 1 atom stereocenters. The van der Waals surface area contributed by atoms with Gasteiger partial charge in [0.15, 0.2) is 5.75 Å². The molecule has 15 heteroatoms. The van der Waals surface area contributed by atoms with Crippen molar-refractivity contribution in [3.8, 4) is 5.75 Å². The van der Waals surface area contributed by atoms with E-state index in [4.69, 9.17) is 4.74 Å². The first-order valence-electron chi connectivity index (χ1n) is 16.0. The van der Waals surface area contributed by atoms with Gasteiger partial charge in [-0.25, -0.2) is 9.97 Å². The maximum atomic E-state index is 14.1. The maximum absolute atomic E-state index is 14.1. The summed E-state index contributed by atoms with van der Waals surface area (Å²) in [6.45, 7) is 4.49. The lowest BCUT2D eigenvalue weighted by Crippen LogP contribution is -2.33. The zero-order valence-electron chi connectivity index (χ0n) is 27.4. The number of alkyl halides is 9. The first-order chi connectivity index (χ1) is 23.0. The fourth-order valence-corrected chi connectivity index (χ4v) is 6.44. The second-order valence-corrected chi connectivity index (χ2v) is 13.0. The number of halogens is 9. The van der Waals surface area contributed by atoms with Crippen molar-refractivity contribution in [2.24, 2.45) is 5.92 Å². The molecule has 4 rings (SSSR count). The summed E-state index contributed by atoms with van der Waals surface area (Å²) in [5, 5.41) is 0. The third-order valence-corrected chi connectivity index (χ3v) is 9.18. The first-order valence-corrected chi connectivity index (χ1v) is 17.4. The molecule has 0 spiro atoms. The average Bonchev–Trinajstić information content (AvgIpc) is 3.56. The molecule has 1 aliphatic rings. The maximum Gasteiger partial charge on any atom is 0.416 e. The van der Waals surface area contributed by atoms with Crippen LogP contribution >= 0.6 is 11.8 Å². The molecule has 1 fully saturated rings. The van der Waals surface area contributed by atoms with Gasteiger partial charge in [-0.15, -0.1) is 0 Å². The van der Waals surface area contributed by atoms with Crippen molar-refractivity contribution in [1.29, 1.82) is 0 Å². The zero-order valence-corrected chi connectivity index (χ0v) is 28.2. The van der Waals surface area contributed by atoms with E-state index < -0.39 is 41.3 Å². The highest BCUT2D eigenvalue weighted by atomic mass is 32.2. The molecular weight excluding hydrogens is 683 g/mol. The summed E-state index contributed by atoms with van der Waals surface area (Å²) in [6, 6.07) is 3.48. The summed E-state index contributed by atoms with van der Waals surface area (Å²) >= 11 is 1.54. The molecule has 3 aromatic rings. The van der Waals surface area contributed by atoms with Crippen LogP contribution in [0.3, 0.4) is 0 Å². The van der Waals surface area contributed by atoms with Crippen LogP contribution < -0.4 is 14.5 Å². The Balaban J connectivity index is 1.88. The molecule has 270 valence electrons. The second-order valence-electron chi connectivity index (χ2n) is 12.0. The van der Waals surface area contributed by atoms with Gasteiger partial charge in [0.1, 0.15) is 0 Å². The number of rotatable bonds is 14. The molecule has 0 radical (unpaired) electrons. The van der Waals surface area contributed by atoms with Crippen molar-refractivity contribution in [1.82, 2.24) is 9.97 Å². The van der Waals surface area contributed by atoms with Crippen molar-refractivity contribution in [3.63, 3.8) is 0 Å². The number of thioether (sulfide) groups is 1. The number of hydrogen-bond acceptors (Lipinski definition) is 6. The highest BCUT2D eigenvalue weighted by Crippen LogP contribution is 2.41. The molecule has 0 N–H and O–H groups in total. The van der Waals surface area contributed by atoms with Gasteiger partial charge in [-0.3, -0.25) is 0 Å². The van der Waals surface area contributed by atoms with Crippen molar-refractivity contribution >= 4 is 23.4 Å². The van der Waals surface area contributed by atoms with Crippen LogP contribution in [0.4, 0.5) is 51.1 Å². The van der Waals surface area contributed by atoms with Crippen molar-refractivity contribution in [2.45, 2.75) is 77.1 Å². The fraction of sp³-hybridized carbons (Fsp3) is 0.529. The van der Waals surface area contributed by atoms with Crippen LogP contribution in [-0.2, 0) is 25.1 Å². The molecule has 5 nitrogen and oxygen atoms in total. The fourth-order valence-electron chi connectivity index (χ4n) is 6.19. The van der Waals surface area contributed by atoms with E-state index in [2.05, 4.69) is 9.97 Å². The summed E-state index contributed by atoms with van der Waals surface area (Å²) in [4.78, 5) is 12.0. The SMILES string of the molecule is CCC(c1cc(C(F)(F)F)cc(C(F)(F)F)c1)N(Cc1cc(C(F)(F)F)ccc1N(CC)CC1CCCC1)c1ncc(OCCSC)cn1. The minimum atomic E-state index is -5.10. The Hall–Kier alpha value is -3.36. The van der Waals surface area contributed by atoms with E-state index in [0.717, 1.165) is 37.8 Å². The molecule has 49 heavy (non-hydrogen) atoms. The van der Waals surface area contributed by atoms with Crippen molar-refractivity contribution < 1.29 is 44.3 Å². The highest BCUT2D eigenvalue weighted by Gasteiger charge is 2.39. The molecule has 0 bridgehead atoms. The van der Waals surface area contributed by atoms with Crippen LogP contribution in [0.1, 0.15) is 79.8 Å². The lowest BCUT2D eigenvalue weighted by Gasteiger charge is -2.35. The van der Waals surface area contributed by atoms with E-state index in [1.807, 2.05) is 18.1 Å². The zero-order chi connectivity index (χ0) is 36.0. The van der Waals surface area contributed by atoms with E-state index in [-0.39, 0.29) is 41.9 Å². The summed E-state index contributed by atoms with van der Waals surface area (Å²) in [6.07, 6.45) is -6.33. The number of aromatic nitrogens is 2. The molecule has 1 saturated carbocycles. The molecule has 1 heterocycles. The molecule has 0 amide bonds. The summed E-state index contributed by atoms with van der Waals surface area (Å²) < 4.78 is 131. The first kappa shape index (κ1) is 38.4. The minimum absolute atomic E-state index is 0.0260. The van der Waals surface area contributed by atoms with E-state index in [9.17, 15) is 39.5 Å². The largest absolute Gasteiger partial charge is 0.489 e. The molecule has 1 aliphatic carbocycles. The van der Waals surface area contributed by atoms with Gasteiger partial charge in [-0.1, -0.05) is 19.8 Å². The third kappa shape index (κ3) is 10.1. The van der Waals surface area contributed by atoms with Crippen molar-refractivity contribution in [3.05, 3.63) is 76.6 Å². The molecular formula is C34H39F9N4OS. The van der Waals surface area contributed by atoms with Gasteiger partial charge in [0.05, 0.1) is 41.7 Å². The minimum Gasteiger partial charge on any atom is -0.489 e. The van der Waals surface area contributed by atoms with Gasteiger partial charge >= 0.3 is 18.5 Å². The Morgan fingerprint density at radius 3 is 1.94 bits per heavy atom. The normalized spacial score (nSPS) is 15.0. The van der Waals surface area contributed by atoms with Gasteiger partial charge in [-0.2, -0.15) is 51.3 Å². The standard InChI is InChI=1S/C34H39F9N4OS/c1-4-29(23-14-26(33(38,39)40)17-27(15-23)34(41,42)43)47(31-44-18-28(19-45-31)48-12-13-49-3)21-24-16-25(32(35,36)37)10-11-30(24)46(5-2)20-22-8-6-7-9-22/h10-11,14-19,22,29H,4-9,12-13,20-21H2,1-3H3. The van der Waals surface area contributed by atoms with E-state index in [0.29, 0.717) is 49.2 Å². The van der Waals surface area contributed by atoms with Gasteiger partial charge in [0, 0.05) is 31.1 Å². The van der Waals surface area contributed by atoms with Gasteiger partial charge in [0.2, 0.25) is 5.95 Å². The van der Waals surface area contributed by atoms with Crippen LogP contribution in [0.5, 0.6) is 5.75 Å². The Kier molecular flexibility index (Phi) is 12.6. The highest BCUT2D eigenvalue weighted by molar-refractivity contribution is 7.98. The predicted octanol–water partition coefficient (Wildman–Crippen LogP) is 10.4. The Labute approximate surface area is 284 Å². The summed E-state index contributed by atoms with van der Waals surface area (Å²) in [5.74, 6) is 1.17. The Bertz CT molecular complexity index is 1480. The summed E-state index contributed by atoms with van der Waals surface area (Å²) in [7, 11) is 0. The van der Waals surface area contributed by atoms with Crippen LogP contribution in [0, 0.1) is 5.92 Å². The number of benzene rings is 2. The number of anilines is 2. The monoisotopic (exact) mass is 722 g/mol. The quantitative estimate of drug-likeness (QED) is 0.122. The number of hydrogen-bond donors (Lipinski definition) is 0. The van der Waals surface area contributed by atoms with E-state index in [1.54, 1.807) is 6.92 Å². The average molecular weight is 723 g/mol. The molecule has 1 unspecified atom stereocenters. The number of ether oxygens (including phenoxy) is 1. The Morgan fingerprint density at radius 1 is 0.837 bits per heavy atom. The van der Waals surface area contributed by atoms with E-state index >= 15 is 0 Å². The van der Waals surface area contributed by atoms with Crippen molar-refractivity contribution in [2.75, 3.05) is 41.5 Å². The van der Waals surface area contributed by atoms with Gasteiger partial charge < -0.3 is 14.5 Å². The van der Waals surface area contributed by atoms with Crippen LogP contribution in [0.2, 0.25) is 0 Å². The smallest absolute Gasteiger partial charge is 0.416 e. The van der Waals surface area contributed by atoms with E-state index in [1.165, 1.54) is 35.1 Å². The van der Waals surface area contributed by atoms with Crippen LogP contribution in [-0.4, -0.2) is 41.7 Å². The molecule has 0 saturated heterocycles. The lowest BCUT2D eigenvalue weighted by molar-refractivity contribution is -0.143. The predicted molar refractivity (Wildman–Crippen MR) is 173 cm³/mol. The van der Waals surface area contributed by atoms with Gasteiger partial charge in [0.25, 0.3) is 0 Å². The molecule has 1 aromatic heterocycles.